The highest BCUT2D eigenvalue weighted by atomic mass is 127. The molecule has 0 radical (unpaired) electrons. The molecule has 1 N–H and O–H groups in total. The smallest absolute Gasteiger partial charge is 0.213 e. The SMILES string of the molecule is Brc1cccc2c1oc1ccccc12.C#CC#CC#CC#CC#CC.CI.c1ccc(-n2c3ccccc3c3c4ccc(-c5ccc(N(c6cccc7c6oc6ccccc67)c6cccc7c6oc6ccccc67)cc5)cc4oc32)cc1.c1ccc(-n2c3ccccc3c3c4ccc(-c5ccc(Nc6cccc7c6oc6ccccc67)cc5)cc4oc32)cc1. The van der Waals surface area contributed by atoms with Crippen LogP contribution in [0.2, 0.25) is 0 Å². The monoisotopic (exact) mass is 1770 g/mol. The van der Waals surface area contributed by atoms with Crippen molar-refractivity contribution in [1.82, 2.24) is 9.13 Å². The minimum absolute atomic E-state index is 0.823. The second-order valence-corrected chi connectivity index (χ2v) is 30.1. The summed E-state index contributed by atoms with van der Waals surface area (Å²) in [6.45, 7) is 1.71. The average Bonchev–Trinajstić information content (AvgIpc) is 1.57. The van der Waals surface area contributed by atoms with Crippen LogP contribution in [-0.4, -0.2) is 14.1 Å². The highest BCUT2D eigenvalue weighted by Crippen LogP contribution is 2.49. The zero-order valence-electron chi connectivity index (χ0n) is 66.8. The van der Waals surface area contributed by atoms with Gasteiger partial charge in [-0.3, -0.25) is 9.13 Å². The van der Waals surface area contributed by atoms with Crippen molar-refractivity contribution >= 4 is 221 Å². The lowest BCUT2D eigenvalue weighted by Gasteiger charge is -2.25. The van der Waals surface area contributed by atoms with Crippen LogP contribution in [0.5, 0.6) is 0 Å². The summed E-state index contributed by atoms with van der Waals surface area (Å²) in [6, 6.07) is 126. The maximum Gasteiger partial charge on any atom is 0.213 e. The van der Waals surface area contributed by atoms with Gasteiger partial charge in [0, 0.05) is 87.4 Å². The predicted molar refractivity (Wildman–Crippen MR) is 525 cm³/mol. The van der Waals surface area contributed by atoms with Gasteiger partial charge in [-0.25, -0.2) is 0 Å². The number of terminal acetylenes is 1. The Hall–Kier alpha value is -16.0. The summed E-state index contributed by atoms with van der Waals surface area (Å²) < 4.78 is 43.9. The number of aromatic nitrogens is 2. The molecule has 586 valence electrons. The fourth-order valence-corrected chi connectivity index (χ4v) is 17.2. The summed E-state index contributed by atoms with van der Waals surface area (Å²) in [6.07, 6.45) is 4.84. The standard InChI is InChI=1S/C50H30N2O3.C38H24N2O2.C12H7BrO.C11H4.CH3I/c1-2-12-33(13-3-1)52-41-19-7-4-16-39(41)47-40-29-26-32(30-46(40)55-50(47)52)31-24-27-34(28-25-31)51(42-20-10-17-37-35-14-5-8-22-44(35)53-48(37)42)43-21-11-18-38-36-15-6-9-23-45(36)54-49(38)43;1-2-9-27(10-3-1)40-33-15-6-4-12-30(33)36-31-22-19-25(23-35(31)42-38(36)40)24-17-20-26(21-18-24)39-32-14-8-13-29-28-11-5-7-16-34(28)41-37(29)32;13-10-6-3-5-9-8-4-1-2-7-11(8)14-12(9)10;1-3-5-7-9-11-10-8-6-4-2;1-2/h1-30H;1-23,39H;1-7H;1H,2H3;1H3. The quantitative estimate of drug-likeness (QED) is 0.0866. The summed E-state index contributed by atoms with van der Waals surface area (Å²) in [5.41, 5.74) is 24.1. The lowest BCUT2D eigenvalue weighted by molar-refractivity contribution is 0.645. The number of hydrogen-bond donors (Lipinski definition) is 1. The van der Waals surface area contributed by atoms with Crippen molar-refractivity contribution in [2.45, 2.75) is 6.92 Å². The van der Waals surface area contributed by atoms with Gasteiger partial charge in [0.25, 0.3) is 0 Å². The number of anilines is 5. The first kappa shape index (κ1) is 76.7. The Morgan fingerprint density at radius 3 is 1.14 bits per heavy atom. The van der Waals surface area contributed by atoms with E-state index in [1.54, 1.807) is 6.92 Å². The highest BCUT2D eigenvalue weighted by Gasteiger charge is 2.26. The van der Waals surface area contributed by atoms with Gasteiger partial charge in [-0.05, 0) is 231 Å². The maximum absolute atomic E-state index is 6.73. The molecule has 0 aliphatic carbocycles. The maximum atomic E-state index is 6.73. The van der Waals surface area contributed by atoms with Gasteiger partial charge in [0.2, 0.25) is 11.4 Å². The lowest BCUT2D eigenvalue weighted by Crippen LogP contribution is -2.10. The van der Waals surface area contributed by atoms with Crippen molar-refractivity contribution in [3.63, 3.8) is 0 Å². The fourth-order valence-electron chi connectivity index (χ4n) is 16.8. The molecule has 124 heavy (non-hydrogen) atoms. The molecule has 10 nitrogen and oxygen atoms in total. The molecular weight excluding hydrogens is 1700 g/mol. The Labute approximate surface area is 734 Å². The van der Waals surface area contributed by atoms with Gasteiger partial charge in [0.1, 0.15) is 39.1 Å². The summed E-state index contributed by atoms with van der Waals surface area (Å²) in [5, 5.41) is 19.3. The Balaban J connectivity index is 0.000000123. The van der Waals surface area contributed by atoms with Crippen LogP contribution < -0.4 is 10.2 Å². The molecule has 12 heteroatoms. The summed E-state index contributed by atoms with van der Waals surface area (Å²) in [5.74, 6) is 22.0. The van der Waals surface area contributed by atoms with Crippen molar-refractivity contribution in [1.29, 1.82) is 0 Å². The zero-order valence-corrected chi connectivity index (χ0v) is 70.5. The molecular formula is C112H68BrIN4O6. The van der Waals surface area contributed by atoms with Crippen LogP contribution in [0, 0.1) is 59.7 Å². The molecule has 0 atom stereocenters. The molecule has 0 aliphatic rings. The van der Waals surface area contributed by atoms with Crippen molar-refractivity contribution in [2.24, 2.45) is 0 Å². The molecule has 0 amide bonds. The molecule has 24 aromatic rings. The second kappa shape index (κ2) is 33.7. The summed E-state index contributed by atoms with van der Waals surface area (Å²) >= 11 is 5.63. The number of fused-ring (bicyclic) bond motifs is 22. The Morgan fingerprint density at radius 1 is 0.306 bits per heavy atom. The third kappa shape index (κ3) is 14.1. The molecule has 0 unspecified atom stereocenters. The van der Waals surface area contributed by atoms with Crippen molar-refractivity contribution in [3.05, 3.63) is 368 Å². The van der Waals surface area contributed by atoms with E-state index in [1.807, 2.05) is 89.9 Å². The minimum Gasteiger partial charge on any atom is -0.455 e. The number of alkyl halides is 1. The summed E-state index contributed by atoms with van der Waals surface area (Å²) in [4.78, 5) is 4.23. The molecule has 8 aromatic heterocycles. The van der Waals surface area contributed by atoms with Gasteiger partial charge in [-0.1, -0.05) is 259 Å². The van der Waals surface area contributed by atoms with Gasteiger partial charge < -0.3 is 36.7 Å². The number of nitrogens with one attached hydrogen (secondary N) is 1. The van der Waals surface area contributed by atoms with E-state index in [2.05, 4.69) is 390 Å². The van der Waals surface area contributed by atoms with Crippen LogP contribution in [0.25, 0.3) is 187 Å². The van der Waals surface area contributed by atoms with E-state index in [0.717, 1.165) is 204 Å². The van der Waals surface area contributed by atoms with Crippen LogP contribution in [0.15, 0.2) is 395 Å². The Bertz CT molecular complexity index is 8460. The van der Waals surface area contributed by atoms with Gasteiger partial charge in [0.05, 0.1) is 43.3 Å². The largest absolute Gasteiger partial charge is 0.455 e. The Morgan fingerprint density at radius 2 is 0.669 bits per heavy atom. The van der Waals surface area contributed by atoms with Crippen LogP contribution >= 0.6 is 38.5 Å². The molecule has 16 aromatic carbocycles. The zero-order chi connectivity index (χ0) is 83.6. The molecule has 0 saturated carbocycles. The van der Waals surface area contributed by atoms with Gasteiger partial charge in [-0.15, -0.1) is 6.42 Å². The summed E-state index contributed by atoms with van der Waals surface area (Å²) in [7, 11) is 0. The number of nitrogens with zero attached hydrogens (tertiary/aromatic N) is 3. The molecule has 24 rings (SSSR count). The Kier molecular flexibility index (Phi) is 20.8. The molecule has 0 bridgehead atoms. The van der Waals surface area contributed by atoms with E-state index in [9.17, 15) is 0 Å². The van der Waals surface area contributed by atoms with Gasteiger partial charge in [0.15, 0.2) is 16.7 Å². The lowest BCUT2D eigenvalue weighted by atomic mass is 10.0. The van der Waals surface area contributed by atoms with Crippen molar-refractivity contribution in [2.75, 3.05) is 15.1 Å². The molecule has 0 fully saturated rings. The van der Waals surface area contributed by atoms with E-state index < -0.39 is 0 Å². The minimum atomic E-state index is 0.823. The first-order valence-corrected chi connectivity index (χ1v) is 43.1. The highest BCUT2D eigenvalue weighted by molar-refractivity contribution is 14.1. The topological polar surface area (TPSA) is 104 Å². The van der Waals surface area contributed by atoms with Crippen LogP contribution in [0.4, 0.5) is 28.4 Å². The predicted octanol–water partition coefficient (Wildman–Crippen LogP) is 31.4. The van der Waals surface area contributed by atoms with E-state index in [0.29, 0.717) is 0 Å². The number of furan rings is 6. The fraction of sp³-hybridized carbons (Fsp3) is 0.0179. The third-order valence-corrected chi connectivity index (χ3v) is 22.8. The number of hydrogen-bond acceptors (Lipinski definition) is 8. The van der Waals surface area contributed by atoms with Gasteiger partial charge in [-0.2, -0.15) is 0 Å². The normalized spacial score (nSPS) is 11.0. The molecule has 0 saturated heterocycles. The third-order valence-electron chi connectivity index (χ3n) is 22.1. The van der Waals surface area contributed by atoms with Crippen molar-refractivity contribution in [3.8, 4) is 93.3 Å². The molecule has 0 aliphatic heterocycles. The van der Waals surface area contributed by atoms with Crippen LogP contribution in [0.3, 0.4) is 0 Å². The molecule has 0 spiro atoms. The van der Waals surface area contributed by atoms with Crippen LogP contribution in [-0.2, 0) is 0 Å². The number of halogens is 2. The van der Waals surface area contributed by atoms with Crippen molar-refractivity contribution < 1.29 is 26.5 Å². The first-order valence-electron chi connectivity index (χ1n) is 40.2. The van der Waals surface area contributed by atoms with Crippen LogP contribution in [0.1, 0.15) is 6.92 Å². The number of rotatable bonds is 9. The second-order valence-electron chi connectivity index (χ2n) is 29.2. The van der Waals surface area contributed by atoms with E-state index in [-0.39, 0.29) is 0 Å². The van der Waals surface area contributed by atoms with E-state index in [1.165, 1.54) is 16.2 Å². The molecule has 8 heterocycles. The van der Waals surface area contributed by atoms with Gasteiger partial charge >= 0.3 is 0 Å². The van der Waals surface area contributed by atoms with E-state index in [4.69, 9.17) is 32.9 Å². The first-order chi connectivity index (χ1) is 61.4. The average molecular weight is 1770 g/mol. The number of benzene rings is 16. The van der Waals surface area contributed by atoms with E-state index >= 15 is 0 Å². The number of para-hydroxylation sites is 12.